The Morgan fingerprint density at radius 1 is 0.373 bits per heavy atom. The molecule has 0 fully saturated rings. The fourth-order valence-corrected chi connectivity index (χ4v) is 11.5. The van der Waals surface area contributed by atoms with Gasteiger partial charge >= 0.3 is 88.8 Å². The maximum atomic E-state index is 13.6. The Kier molecular flexibility index (Phi) is 50.9. The third-order valence-electron chi connectivity index (χ3n) is 17.4. The number of carbonyl (C=O) groups is 2. The number of aromatic nitrogens is 21. The summed E-state index contributed by atoms with van der Waals surface area (Å²) in [4.78, 5) is 46.8. The quantitative estimate of drug-likeness (QED) is 0.0179. The number of aliphatic hydroxyl groups is 2. The second kappa shape index (κ2) is 57.1. The molecule has 14 aromatic heterocycles. The van der Waals surface area contributed by atoms with Crippen molar-refractivity contribution in [2.45, 2.75) is 146 Å². The van der Waals surface area contributed by atoms with Crippen LogP contribution in [0.15, 0.2) is 215 Å². The Bertz CT molecular complexity index is 5800. The van der Waals surface area contributed by atoms with Gasteiger partial charge in [0.1, 0.15) is 98.0 Å². The second-order valence-electron chi connectivity index (χ2n) is 28.0. The molecule has 2 N–H and O–H groups in total. The molecule has 142 heavy (non-hydrogen) atoms. The summed E-state index contributed by atoms with van der Waals surface area (Å²) < 4.78 is 370. The summed E-state index contributed by atoms with van der Waals surface area (Å²) in [6.07, 6.45) is -6.91. The van der Waals surface area contributed by atoms with Gasteiger partial charge in [0, 0.05) is 135 Å². The average molecular weight is 2330 g/mol. The predicted octanol–water partition coefficient (Wildman–Crippen LogP) is 15.8. The fourth-order valence-electron chi connectivity index (χ4n) is 11.2. The largest absolute Gasteiger partial charge is 0 e. The maximum absolute atomic E-state index is 13.6. The van der Waals surface area contributed by atoms with E-state index in [9.17, 15) is 143 Å². The zero-order chi connectivity index (χ0) is 103. The van der Waals surface area contributed by atoms with E-state index in [1.54, 1.807) is 33.0 Å². The molecule has 60 heteroatoms. The van der Waals surface area contributed by atoms with Crippen LogP contribution in [0, 0.1) is 51.7 Å². The number of ketones is 1. The molecule has 0 aliphatic carbocycles. The summed E-state index contributed by atoms with van der Waals surface area (Å²) in [6, 6.07) is 18.8. The molecule has 0 spiro atoms. The molecule has 3 unspecified atom stereocenters. The van der Waals surface area contributed by atoms with Crippen LogP contribution in [0.2, 0.25) is 0 Å². The van der Waals surface area contributed by atoms with Gasteiger partial charge in [0.25, 0.3) is 0 Å². The summed E-state index contributed by atoms with van der Waals surface area (Å²) in [5.74, 6) is -6.20. The molecule has 0 saturated heterocycles. The van der Waals surface area contributed by atoms with E-state index < -0.39 is 174 Å². The van der Waals surface area contributed by atoms with Crippen molar-refractivity contribution in [3.05, 3.63) is 340 Å². The minimum Gasteiger partial charge on any atom is 0 e. The molecule has 0 amide bonds. The molecule has 27 nitrogen and oxygen atoms in total. The van der Waals surface area contributed by atoms with Gasteiger partial charge in [-0.15, -0.1) is 0 Å². The van der Waals surface area contributed by atoms with E-state index in [0.29, 0.717) is 62.4 Å². The van der Waals surface area contributed by atoms with Crippen LogP contribution in [0.25, 0.3) is 0 Å². The van der Waals surface area contributed by atoms with Crippen molar-refractivity contribution >= 4 is 57.7 Å². The van der Waals surface area contributed by atoms with Gasteiger partial charge in [-0.25, -0.2) is 30.7 Å². The number of aldehydes is 1. The zero-order valence-electron chi connectivity index (χ0n) is 73.1. The summed E-state index contributed by atoms with van der Waals surface area (Å²) in [7, 11) is 0. The minimum absolute atomic E-state index is 0. The molecule has 14 rings (SSSR count). The molecule has 0 aliphatic rings. The molecule has 14 aromatic rings. The molecule has 14 heterocycles. The van der Waals surface area contributed by atoms with Crippen LogP contribution in [0.4, 0.5) is 123 Å². The average Bonchev–Trinajstić information content (AvgIpc) is 1.58. The van der Waals surface area contributed by atoms with Crippen molar-refractivity contribution < 1.29 is 202 Å². The number of alkyl halides is 21. The molecular weight excluding hydrogens is 2260 g/mol. The van der Waals surface area contributed by atoms with Gasteiger partial charge in [-0.3, -0.25) is 77.2 Å². The Morgan fingerprint density at radius 2 is 0.641 bits per heavy atom. The summed E-state index contributed by atoms with van der Waals surface area (Å²) >= 11 is 0.472. The van der Waals surface area contributed by atoms with Gasteiger partial charge in [0.05, 0.1) is 81.0 Å². The molecule has 0 radical (unpaired) electrons. The van der Waals surface area contributed by atoms with E-state index in [1.165, 1.54) is 136 Å². The second-order valence-corrected chi connectivity index (χ2v) is 29.4. The molecule has 0 bridgehead atoms. The standard InChI is InChI=1S/C12H11F4N3O.3C12H11F4N3.C11H9F4N3O.C11H7F4N3O.C6H5F3N2O.C5H3FIN.CH3.BrH.Mg.Mn.2O.Zn/c1-11(20,8-2-4-17-6-9(8)13)10-3-5-19(18-10)7-12(14,15)16;3*1-8(9-2-4-17-6-10(9)13)11-3-5-19(18-11)7-12(14,15)16;2*12-8-5-16-3-1-7(8)10(19)9-2-4-18(17-9)6-11(13,14)15;7-6(8,9)4-11-2-1-5(3-12)10-11;6-4-3-8-2-1-5(4)7;;;;;;;/h2-6,20H,7H2,1H3;3*2-6,8H,7H2,1H3;1-5,10,19H,6H2;1-5H,6H2;1-3H,4H2;1-3H;1H3;1H;;;;;/q;;;;;;;;-1;;+2;;;;/p-1/t;2*8-;;;;;;;;;;;;/m.10............/s1. The Morgan fingerprint density at radius 3 is 0.951 bits per heavy atom. The number of carbonyl (C=O) groups excluding carboxylic acids is 2. The Labute approximate surface area is 843 Å². The third kappa shape index (κ3) is 44.2. The van der Waals surface area contributed by atoms with Gasteiger partial charge in [0.15, 0.2) is 17.9 Å². The van der Waals surface area contributed by atoms with Crippen molar-refractivity contribution in [2.24, 2.45) is 0 Å². The van der Waals surface area contributed by atoms with E-state index in [2.05, 4.69) is 70.6 Å². The number of hydrogen-bond donors (Lipinski definition) is 2. The molecule has 0 saturated carbocycles. The maximum Gasteiger partial charge on any atom is 0 e. The SMILES string of the molecule is CC(O)(c1ccn(CC(F)(F)F)n1)c1ccncc1F.CC(c1ccn(CC(F)(F)F)n1)c1ccncc1F.C[C@@H](c1ccn(CC(F)(F)F)n1)c1ccncc1F.C[C@H](c1ccn(CC(F)(F)F)n1)c1ccncc1F.Fc1cnccc1I.O=C(c1ccn(CC(F)(F)F)n1)c1ccncc1F.O=Cc1ccn(CC(F)(F)F)n1.OC(c1ccn(CC(F)(F)F)n1)c1ccncc1F.[Br-].[CH3-].[Mg+2].[O]=[Mn]=[O].[Zn]. The van der Waals surface area contributed by atoms with Gasteiger partial charge in [-0.1, -0.05) is 20.8 Å². The first-order valence-electron chi connectivity index (χ1n) is 38.1. The van der Waals surface area contributed by atoms with Crippen molar-refractivity contribution in [2.75, 3.05) is 0 Å². The van der Waals surface area contributed by atoms with Gasteiger partial charge in [-0.2, -0.15) is 128 Å². The third-order valence-corrected chi connectivity index (χ3v) is 18.3. The molecule has 0 aliphatic heterocycles. The number of nitrogens with zero attached hydrogens (tertiary/aromatic N) is 21. The van der Waals surface area contributed by atoms with Crippen molar-refractivity contribution in [1.82, 2.24) is 103 Å². The van der Waals surface area contributed by atoms with Crippen LogP contribution in [-0.4, -0.2) is 192 Å². The first-order valence-corrected chi connectivity index (χ1v) is 40.1. The summed E-state index contributed by atoms with van der Waals surface area (Å²) in [5, 5.41) is 45.7. The molecule has 0 aromatic carbocycles. The predicted molar refractivity (Wildman–Crippen MR) is 438 cm³/mol. The van der Waals surface area contributed by atoms with Crippen LogP contribution in [0.5, 0.6) is 0 Å². The number of rotatable bonds is 20. The normalized spacial score (nSPS) is 12.5. The zero-order valence-corrected chi connectivity index (χ0v) is 82.4. The van der Waals surface area contributed by atoms with Gasteiger partial charge in [0.2, 0.25) is 5.78 Å². The van der Waals surface area contributed by atoms with E-state index in [0.717, 1.165) is 88.1 Å². The van der Waals surface area contributed by atoms with E-state index in [4.69, 9.17) is 7.67 Å². The number of hydrogen-bond acceptors (Lipinski definition) is 20. The minimum atomic E-state index is -4.44. The van der Waals surface area contributed by atoms with Gasteiger partial charge in [-0.05, 0) is 131 Å². The van der Waals surface area contributed by atoms with Crippen molar-refractivity contribution in [3.63, 3.8) is 0 Å². The van der Waals surface area contributed by atoms with E-state index in [-0.39, 0.29) is 112 Å². The van der Waals surface area contributed by atoms with Crippen molar-refractivity contribution in [1.29, 1.82) is 0 Å². The summed E-state index contributed by atoms with van der Waals surface area (Å²) in [5.41, 5.74) is -0.506. The topological polar surface area (TPSA) is 324 Å². The first kappa shape index (κ1) is 127. The van der Waals surface area contributed by atoms with Crippen molar-refractivity contribution in [3.8, 4) is 0 Å². The van der Waals surface area contributed by atoms with Crippen LogP contribution < -0.4 is 17.0 Å². The number of halogens is 30. The van der Waals surface area contributed by atoms with Crippen LogP contribution in [-0.2, 0) is 93.4 Å². The molecular formula is C82H71BrF28IMgMnN21O6Zn. The van der Waals surface area contributed by atoms with Crippen LogP contribution in [0.1, 0.15) is 134 Å². The molecule has 5 atom stereocenters. The molecule has 761 valence electrons. The van der Waals surface area contributed by atoms with Crippen LogP contribution >= 0.6 is 22.6 Å². The fraction of sp³-hybridized carbons (Fsp3) is 0.280. The van der Waals surface area contributed by atoms with Crippen LogP contribution in [0.3, 0.4) is 0 Å². The van der Waals surface area contributed by atoms with E-state index in [1.807, 2.05) is 22.6 Å². The monoisotopic (exact) mass is 2330 g/mol. The summed E-state index contributed by atoms with van der Waals surface area (Å²) in [6.45, 7) is -2.18. The Hall–Kier alpha value is -11.5. The smallest absolute Gasteiger partial charge is 0 e. The first-order chi connectivity index (χ1) is 64.3. The van der Waals surface area contributed by atoms with E-state index >= 15 is 0 Å². The number of aliphatic hydroxyl groups excluding tert-OH is 1. The van der Waals surface area contributed by atoms with Gasteiger partial charge < -0.3 is 34.6 Å². The Balaban J connectivity index is 0.000000549. The number of pyridine rings is 7.